The van der Waals surface area contributed by atoms with Gasteiger partial charge in [-0.05, 0) is 32.1 Å². The highest BCUT2D eigenvalue weighted by molar-refractivity contribution is 9.09. The molecule has 2 heteroatoms. The summed E-state index contributed by atoms with van der Waals surface area (Å²) in [6, 6.07) is 0. The molecule has 3 rings (SSSR count). The lowest BCUT2D eigenvalue weighted by molar-refractivity contribution is 0.699. The third-order valence-electron chi connectivity index (χ3n) is 2.74. The molecule has 0 saturated carbocycles. The topological polar surface area (TPSA) is 0 Å². The summed E-state index contributed by atoms with van der Waals surface area (Å²) in [4.78, 5) is 1.16. The third kappa shape index (κ3) is 2.69. The fourth-order valence-electron chi connectivity index (χ4n) is 2.18. The van der Waals surface area contributed by atoms with Crippen molar-refractivity contribution in [2.45, 2.75) is 41.8 Å². The lowest BCUT2D eigenvalue weighted by atomic mass is 9.89. The Morgan fingerprint density at radius 1 is 0.923 bits per heavy atom. The van der Waals surface area contributed by atoms with Gasteiger partial charge in [-0.2, -0.15) is 0 Å². The Morgan fingerprint density at radius 2 is 1.38 bits per heavy atom. The zero-order valence-electron chi connectivity index (χ0n) is 7.60. The third-order valence-corrected chi connectivity index (χ3v) is 3.92. The number of alkyl halides is 2. The number of hydrogen-bond acceptors (Lipinski definition) is 0. The van der Waals surface area contributed by atoms with Crippen molar-refractivity contribution in [3.05, 3.63) is 23.3 Å². The average molecular weight is 306 g/mol. The van der Waals surface area contributed by atoms with Crippen molar-refractivity contribution in [2.75, 3.05) is 0 Å². The number of allylic oxidation sites excluding steroid dienone is 4. The molecular weight excluding hydrogens is 292 g/mol. The van der Waals surface area contributed by atoms with Crippen molar-refractivity contribution in [1.82, 2.24) is 0 Å². The highest BCUT2D eigenvalue weighted by atomic mass is 79.9. The minimum Gasteiger partial charge on any atom is -0.0842 e. The van der Waals surface area contributed by atoms with E-state index in [1.807, 2.05) is 0 Å². The number of hydrogen-bond donors (Lipinski definition) is 0. The maximum absolute atomic E-state index is 3.72. The van der Waals surface area contributed by atoms with E-state index in [1.54, 1.807) is 11.1 Å². The lowest BCUT2D eigenvalue weighted by Gasteiger charge is -2.23. The van der Waals surface area contributed by atoms with E-state index in [-0.39, 0.29) is 0 Å². The van der Waals surface area contributed by atoms with Gasteiger partial charge in [0.15, 0.2) is 0 Å². The second-order valence-corrected chi connectivity index (χ2v) is 6.30. The summed E-state index contributed by atoms with van der Waals surface area (Å²) in [5.74, 6) is 0. The summed E-state index contributed by atoms with van der Waals surface area (Å²) in [6.07, 6.45) is 11.2. The van der Waals surface area contributed by atoms with Crippen LogP contribution < -0.4 is 0 Å². The molecule has 0 nitrogen and oxygen atoms in total. The molecule has 2 bridgehead atoms. The summed E-state index contributed by atoms with van der Waals surface area (Å²) < 4.78 is 0. The largest absolute Gasteiger partial charge is 0.0842 e. The molecular formula is C11H14Br2. The molecule has 0 aromatic rings. The van der Waals surface area contributed by atoms with Gasteiger partial charge in [0.25, 0.3) is 0 Å². The average Bonchev–Trinajstić information content (AvgIpc) is 1.95. The molecule has 3 aliphatic rings. The number of fused-ring (bicyclic) bond motifs is 6. The van der Waals surface area contributed by atoms with Gasteiger partial charge in [-0.3, -0.25) is 0 Å². The smallest absolute Gasteiger partial charge is 0.0365 e. The molecule has 0 saturated heterocycles. The Balaban J connectivity index is 2.28. The molecule has 13 heavy (non-hydrogen) atoms. The predicted octanol–water partition coefficient (Wildman–Crippen LogP) is 4.34. The molecule has 2 unspecified atom stereocenters. The van der Waals surface area contributed by atoms with Crippen molar-refractivity contribution in [3.63, 3.8) is 0 Å². The lowest BCUT2D eigenvalue weighted by Crippen LogP contribution is -2.10. The van der Waals surface area contributed by atoms with E-state index in [9.17, 15) is 0 Å². The van der Waals surface area contributed by atoms with Crippen LogP contribution in [0, 0.1) is 0 Å². The van der Waals surface area contributed by atoms with Crippen LogP contribution in [0.15, 0.2) is 23.3 Å². The van der Waals surface area contributed by atoms with Crippen LogP contribution in [-0.4, -0.2) is 9.65 Å². The summed E-state index contributed by atoms with van der Waals surface area (Å²) in [7, 11) is 0. The minimum atomic E-state index is 0.578. The zero-order valence-corrected chi connectivity index (χ0v) is 10.8. The summed E-state index contributed by atoms with van der Waals surface area (Å²) in [5, 5.41) is 0. The second kappa shape index (κ2) is 4.31. The monoisotopic (exact) mass is 304 g/mol. The highest BCUT2D eigenvalue weighted by Gasteiger charge is 2.17. The Labute approximate surface area is 96.7 Å². The molecule has 0 aromatic carbocycles. The molecule has 0 amide bonds. The fourth-order valence-corrected chi connectivity index (χ4v) is 3.76. The zero-order chi connectivity index (χ0) is 9.26. The van der Waals surface area contributed by atoms with Crippen LogP contribution in [0.25, 0.3) is 0 Å². The van der Waals surface area contributed by atoms with Crippen molar-refractivity contribution in [3.8, 4) is 0 Å². The number of rotatable bonds is 0. The Bertz CT molecular complexity index is 227. The second-order valence-electron chi connectivity index (χ2n) is 3.94. The first-order valence-corrected chi connectivity index (χ1v) is 6.74. The van der Waals surface area contributed by atoms with Gasteiger partial charge in [0.05, 0.1) is 0 Å². The molecule has 0 spiro atoms. The Hall–Kier alpha value is 0.440. The van der Waals surface area contributed by atoms with E-state index < -0.39 is 0 Å². The molecule has 3 aliphatic carbocycles. The van der Waals surface area contributed by atoms with Crippen LogP contribution in [0.5, 0.6) is 0 Å². The van der Waals surface area contributed by atoms with Crippen LogP contribution in [0.1, 0.15) is 32.1 Å². The molecule has 0 fully saturated rings. The van der Waals surface area contributed by atoms with Crippen LogP contribution in [0.4, 0.5) is 0 Å². The summed E-state index contributed by atoms with van der Waals surface area (Å²) in [6.45, 7) is 0. The standard InChI is InChI=1S/C11H14Br2/c12-10-4-8-2-1-3-9(6-10)7-11(13)5-8/h4,7,10-11H,1-3,5-6H2/b8-4-,9-7-. The van der Waals surface area contributed by atoms with Gasteiger partial charge in [-0.15, -0.1) is 0 Å². The number of halogens is 2. The molecule has 0 N–H and O–H groups in total. The molecule has 0 aromatic heterocycles. The van der Waals surface area contributed by atoms with E-state index in [0.29, 0.717) is 9.65 Å². The van der Waals surface area contributed by atoms with E-state index in [0.717, 1.165) is 0 Å². The quantitative estimate of drug-likeness (QED) is 0.461. The molecule has 0 aliphatic heterocycles. The van der Waals surface area contributed by atoms with Crippen LogP contribution in [0.3, 0.4) is 0 Å². The van der Waals surface area contributed by atoms with Gasteiger partial charge < -0.3 is 0 Å². The van der Waals surface area contributed by atoms with Gasteiger partial charge in [-0.1, -0.05) is 55.2 Å². The van der Waals surface area contributed by atoms with Crippen molar-refractivity contribution in [2.24, 2.45) is 0 Å². The van der Waals surface area contributed by atoms with Gasteiger partial charge in [0.1, 0.15) is 0 Å². The van der Waals surface area contributed by atoms with E-state index in [2.05, 4.69) is 44.0 Å². The fraction of sp³-hybridized carbons (Fsp3) is 0.636. The van der Waals surface area contributed by atoms with E-state index >= 15 is 0 Å². The Kier molecular flexibility index (Phi) is 3.31. The van der Waals surface area contributed by atoms with Gasteiger partial charge in [-0.25, -0.2) is 0 Å². The van der Waals surface area contributed by atoms with E-state index in [1.165, 1.54) is 32.1 Å². The van der Waals surface area contributed by atoms with E-state index in [4.69, 9.17) is 0 Å². The van der Waals surface area contributed by atoms with Gasteiger partial charge in [0, 0.05) is 9.65 Å². The summed E-state index contributed by atoms with van der Waals surface area (Å²) in [5.41, 5.74) is 3.25. The molecule has 72 valence electrons. The summed E-state index contributed by atoms with van der Waals surface area (Å²) >= 11 is 7.43. The van der Waals surface area contributed by atoms with Crippen molar-refractivity contribution >= 4 is 31.9 Å². The van der Waals surface area contributed by atoms with Crippen LogP contribution in [0.2, 0.25) is 0 Å². The first-order chi connectivity index (χ1) is 6.24. The van der Waals surface area contributed by atoms with Crippen LogP contribution >= 0.6 is 31.9 Å². The molecule has 2 atom stereocenters. The molecule has 0 radical (unpaired) electrons. The normalized spacial score (nSPS) is 42.3. The maximum Gasteiger partial charge on any atom is 0.0365 e. The SMILES string of the molecule is BrC1/C=C2/CCC/C(=C/C(Br)C2)C1. The molecule has 0 heterocycles. The van der Waals surface area contributed by atoms with Gasteiger partial charge in [0.2, 0.25) is 0 Å². The Morgan fingerprint density at radius 3 is 1.85 bits per heavy atom. The maximum atomic E-state index is 3.72. The van der Waals surface area contributed by atoms with Crippen molar-refractivity contribution < 1.29 is 0 Å². The first kappa shape index (κ1) is 9.97. The minimum absolute atomic E-state index is 0.578. The van der Waals surface area contributed by atoms with Crippen molar-refractivity contribution in [1.29, 1.82) is 0 Å². The predicted molar refractivity (Wildman–Crippen MR) is 64.7 cm³/mol. The van der Waals surface area contributed by atoms with Gasteiger partial charge >= 0.3 is 0 Å². The highest BCUT2D eigenvalue weighted by Crippen LogP contribution is 2.33. The first-order valence-electron chi connectivity index (χ1n) is 4.91. The van der Waals surface area contributed by atoms with Crippen LogP contribution in [-0.2, 0) is 0 Å².